The van der Waals surface area contributed by atoms with Crippen LogP contribution in [0.2, 0.25) is 0 Å². The number of carbonyl (C=O) groups excluding carboxylic acids is 1. The summed E-state index contributed by atoms with van der Waals surface area (Å²) in [5.41, 5.74) is -0.596. The maximum absolute atomic E-state index is 12.4. The quantitative estimate of drug-likeness (QED) is 0.752. The standard InChI is InChI=1S/C15H27NO4/c1-3-19-14(17)15(8-4-6-12(10-15)18-2)16-11-13-7-5-9-20-13/h12-13,16H,3-11H2,1-2H3. The van der Waals surface area contributed by atoms with Crippen molar-refractivity contribution in [3.05, 3.63) is 0 Å². The lowest BCUT2D eigenvalue weighted by Gasteiger charge is -2.39. The largest absolute Gasteiger partial charge is 0.465 e. The molecule has 0 aromatic rings. The van der Waals surface area contributed by atoms with Gasteiger partial charge in [0.05, 0.1) is 18.8 Å². The Morgan fingerprint density at radius 3 is 2.90 bits per heavy atom. The van der Waals surface area contributed by atoms with Crippen LogP contribution in [0, 0.1) is 0 Å². The molecule has 0 aromatic heterocycles. The van der Waals surface area contributed by atoms with Gasteiger partial charge in [-0.3, -0.25) is 10.1 Å². The summed E-state index contributed by atoms with van der Waals surface area (Å²) in [5, 5.41) is 3.45. The van der Waals surface area contributed by atoms with Gasteiger partial charge >= 0.3 is 5.97 Å². The SMILES string of the molecule is CCOC(=O)C1(NCC2CCCO2)CCCC(OC)C1. The van der Waals surface area contributed by atoms with Gasteiger partial charge in [0.1, 0.15) is 5.54 Å². The fourth-order valence-electron chi connectivity index (χ4n) is 3.23. The van der Waals surface area contributed by atoms with Crippen LogP contribution in [0.3, 0.4) is 0 Å². The van der Waals surface area contributed by atoms with Gasteiger partial charge in [-0.1, -0.05) is 0 Å². The highest BCUT2D eigenvalue weighted by Gasteiger charge is 2.44. The molecule has 116 valence electrons. The summed E-state index contributed by atoms with van der Waals surface area (Å²) < 4.78 is 16.4. The molecule has 0 amide bonds. The second-order valence-electron chi connectivity index (χ2n) is 5.77. The highest BCUT2D eigenvalue weighted by molar-refractivity contribution is 5.81. The second-order valence-corrected chi connectivity index (χ2v) is 5.77. The maximum atomic E-state index is 12.4. The maximum Gasteiger partial charge on any atom is 0.326 e. The minimum Gasteiger partial charge on any atom is -0.465 e. The molecule has 0 bridgehead atoms. The van der Waals surface area contributed by atoms with Gasteiger partial charge < -0.3 is 14.2 Å². The topological polar surface area (TPSA) is 56.8 Å². The Bertz CT molecular complexity index is 317. The molecule has 5 heteroatoms. The normalized spacial score (nSPS) is 34.1. The van der Waals surface area contributed by atoms with Gasteiger partial charge in [0, 0.05) is 26.7 Å². The Labute approximate surface area is 121 Å². The molecule has 2 rings (SSSR count). The van der Waals surface area contributed by atoms with Crippen LogP contribution in [-0.4, -0.2) is 50.6 Å². The van der Waals surface area contributed by atoms with E-state index in [4.69, 9.17) is 14.2 Å². The predicted molar refractivity (Wildman–Crippen MR) is 75.6 cm³/mol. The molecule has 1 saturated carbocycles. The summed E-state index contributed by atoms with van der Waals surface area (Å²) in [6, 6.07) is 0. The molecular weight excluding hydrogens is 258 g/mol. The van der Waals surface area contributed by atoms with Crippen molar-refractivity contribution in [1.29, 1.82) is 0 Å². The van der Waals surface area contributed by atoms with Crippen molar-refractivity contribution in [3.8, 4) is 0 Å². The van der Waals surface area contributed by atoms with Gasteiger partial charge in [0.15, 0.2) is 0 Å². The van der Waals surface area contributed by atoms with Gasteiger partial charge in [0.2, 0.25) is 0 Å². The first-order valence-electron chi connectivity index (χ1n) is 7.77. The number of esters is 1. The lowest BCUT2D eigenvalue weighted by molar-refractivity contribution is -0.155. The van der Waals surface area contributed by atoms with Gasteiger partial charge in [-0.05, 0) is 39.0 Å². The third-order valence-electron chi connectivity index (χ3n) is 4.40. The first-order chi connectivity index (χ1) is 9.70. The van der Waals surface area contributed by atoms with Crippen LogP contribution in [0.5, 0.6) is 0 Å². The fraction of sp³-hybridized carbons (Fsp3) is 0.933. The molecule has 0 aromatic carbocycles. The van der Waals surface area contributed by atoms with Crippen LogP contribution >= 0.6 is 0 Å². The van der Waals surface area contributed by atoms with E-state index < -0.39 is 5.54 Å². The zero-order chi connectivity index (χ0) is 14.4. The molecule has 1 saturated heterocycles. The summed E-state index contributed by atoms with van der Waals surface area (Å²) in [7, 11) is 1.71. The van der Waals surface area contributed by atoms with E-state index in [0.29, 0.717) is 13.0 Å². The number of carbonyl (C=O) groups is 1. The van der Waals surface area contributed by atoms with E-state index in [1.165, 1.54) is 0 Å². The van der Waals surface area contributed by atoms with E-state index in [0.717, 1.165) is 45.3 Å². The van der Waals surface area contributed by atoms with Crippen molar-refractivity contribution in [2.24, 2.45) is 0 Å². The smallest absolute Gasteiger partial charge is 0.326 e. The zero-order valence-electron chi connectivity index (χ0n) is 12.7. The summed E-state index contributed by atoms with van der Waals surface area (Å²) in [6.07, 6.45) is 6.04. The third kappa shape index (κ3) is 3.71. The van der Waals surface area contributed by atoms with Gasteiger partial charge in [-0.25, -0.2) is 0 Å². The Kier molecular flexibility index (Phi) is 5.81. The predicted octanol–water partition coefficient (Wildman–Crippen LogP) is 1.65. The number of hydrogen-bond donors (Lipinski definition) is 1. The molecule has 20 heavy (non-hydrogen) atoms. The van der Waals surface area contributed by atoms with E-state index in [2.05, 4.69) is 5.32 Å². The van der Waals surface area contributed by atoms with Crippen molar-refractivity contribution < 1.29 is 19.0 Å². The Hall–Kier alpha value is -0.650. The number of ether oxygens (including phenoxy) is 3. The van der Waals surface area contributed by atoms with Crippen LogP contribution < -0.4 is 5.32 Å². The van der Waals surface area contributed by atoms with Gasteiger partial charge in [-0.15, -0.1) is 0 Å². The van der Waals surface area contributed by atoms with E-state index in [1.807, 2.05) is 6.92 Å². The molecular formula is C15H27NO4. The summed E-state index contributed by atoms with van der Waals surface area (Å²) in [5.74, 6) is -0.139. The van der Waals surface area contributed by atoms with Crippen LogP contribution in [0.25, 0.3) is 0 Å². The van der Waals surface area contributed by atoms with E-state index in [1.54, 1.807) is 7.11 Å². The monoisotopic (exact) mass is 285 g/mol. The highest BCUT2D eigenvalue weighted by Crippen LogP contribution is 2.31. The summed E-state index contributed by atoms with van der Waals surface area (Å²) in [4.78, 5) is 12.4. The Balaban J connectivity index is 2.00. The Morgan fingerprint density at radius 1 is 1.40 bits per heavy atom. The molecule has 0 radical (unpaired) electrons. The molecule has 2 fully saturated rings. The van der Waals surface area contributed by atoms with Gasteiger partial charge in [-0.2, -0.15) is 0 Å². The van der Waals surface area contributed by atoms with Crippen molar-refractivity contribution in [2.75, 3.05) is 26.9 Å². The average Bonchev–Trinajstić information content (AvgIpc) is 2.99. The van der Waals surface area contributed by atoms with Crippen LogP contribution in [0.4, 0.5) is 0 Å². The highest BCUT2D eigenvalue weighted by atomic mass is 16.5. The van der Waals surface area contributed by atoms with Crippen molar-refractivity contribution in [3.63, 3.8) is 0 Å². The first kappa shape index (κ1) is 15.7. The molecule has 0 spiro atoms. The van der Waals surface area contributed by atoms with Crippen molar-refractivity contribution in [1.82, 2.24) is 5.32 Å². The van der Waals surface area contributed by atoms with Crippen LogP contribution in [0.15, 0.2) is 0 Å². The molecule has 5 nitrogen and oxygen atoms in total. The molecule has 3 atom stereocenters. The average molecular weight is 285 g/mol. The third-order valence-corrected chi connectivity index (χ3v) is 4.40. The van der Waals surface area contributed by atoms with E-state index in [9.17, 15) is 4.79 Å². The minimum absolute atomic E-state index is 0.130. The van der Waals surface area contributed by atoms with Gasteiger partial charge in [0.25, 0.3) is 0 Å². The van der Waals surface area contributed by atoms with Crippen LogP contribution in [0.1, 0.15) is 45.4 Å². The number of rotatable bonds is 6. The Morgan fingerprint density at radius 2 is 2.25 bits per heavy atom. The minimum atomic E-state index is -0.596. The molecule has 3 unspecified atom stereocenters. The van der Waals surface area contributed by atoms with E-state index >= 15 is 0 Å². The summed E-state index contributed by atoms with van der Waals surface area (Å²) >= 11 is 0. The second kappa shape index (κ2) is 7.38. The zero-order valence-corrected chi connectivity index (χ0v) is 12.7. The fourth-order valence-corrected chi connectivity index (χ4v) is 3.23. The van der Waals surface area contributed by atoms with E-state index in [-0.39, 0.29) is 18.2 Å². The molecule has 1 N–H and O–H groups in total. The lowest BCUT2D eigenvalue weighted by Crippen LogP contribution is -2.58. The number of hydrogen-bond acceptors (Lipinski definition) is 5. The van der Waals surface area contributed by atoms with Crippen LogP contribution in [-0.2, 0) is 19.0 Å². The number of methoxy groups -OCH3 is 1. The molecule has 1 heterocycles. The lowest BCUT2D eigenvalue weighted by atomic mass is 9.79. The summed E-state index contributed by atoms with van der Waals surface area (Å²) in [6.45, 7) is 3.82. The van der Waals surface area contributed by atoms with Crippen molar-refractivity contribution in [2.45, 2.75) is 63.2 Å². The first-order valence-corrected chi connectivity index (χ1v) is 7.77. The molecule has 1 aliphatic heterocycles. The van der Waals surface area contributed by atoms with Crippen molar-refractivity contribution >= 4 is 5.97 Å². The number of nitrogens with one attached hydrogen (secondary N) is 1. The molecule has 2 aliphatic rings. The molecule has 1 aliphatic carbocycles.